The second kappa shape index (κ2) is 11.8. The average molecular weight is 609 g/mol. The number of pyridine rings is 1. The Balaban J connectivity index is 1.55. The van der Waals surface area contributed by atoms with E-state index >= 15 is 0 Å². The number of rotatable bonds is 8. The number of alkyl halides is 6. The minimum atomic E-state index is -4.62. The van der Waals surface area contributed by atoms with Crippen LogP contribution >= 0.6 is 0 Å². The SMILES string of the molecule is CC(C)(C)NC(=O)c1ccc(Nc2nc3ccc(-c4ccc(C(=O)NCC(F)(F)F)cc4)cn3n2)c(OCC(F)(F)F)c1. The van der Waals surface area contributed by atoms with E-state index in [-0.39, 0.29) is 28.5 Å². The van der Waals surface area contributed by atoms with Gasteiger partial charge in [-0.1, -0.05) is 12.1 Å². The predicted octanol–water partition coefficient (Wildman–Crippen LogP) is 5.90. The van der Waals surface area contributed by atoms with E-state index in [2.05, 4.69) is 20.7 Å². The molecule has 2 aromatic heterocycles. The van der Waals surface area contributed by atoms with Crippen LogP contribution in [0.5, 0.6) is 5.75 Å². The lowest BCUT2D eigenvalue weighted by atomic mass is 10.1. The van der Waals surface area contributed by atoms with Crippen LogP contribution in [0.1, 0.15) is 41.5 Å². The number of nitrogens with zero attached hydrogens (tertiary/aromatic N) is 3. The Labute approximate surface area is 241 Å². The minimum absolute atomic E-state index is 0.0255. The molecule has 15 heteroatoms. The smallest absolute Gasteiger partial charge is 0.422 e. The molecule has 0 radical (unpaired) electrons. The van der Waals surface area contributed by atoms with Crippen molar-refractivity contribution in [3.8, 4) is 16.9 Å². The highest BCUT2D eigenvalue weighted by Gasteiger charge is 2.30. The summed E-state index contributed by atoms with van der Waals surface area (Å²) < 4.78 is 82.3. The molecule has 9 nitrogen and oxygen atoms in total. The first-order valence-electron chi connectivity index (χ1n) is 12.7. The molecule has 0 saturated carbocycles. The first kappa shape index (κ1) is 31.1. The third kappa shape index (κ3) is 8.83. The molecule has 0 bridgehead atoms. The molecule has 2 amide bonds. The summed E-state index contributed by atoms with van der Waals surface area (Å²) in [6, 6.07) is 13.2. The first-order chi connectivity index (χ1) is 20.0. The fraction of sp³-hybridized carbons (Fsp3) is 0.286. The van der Waals surface area contributed by atoms with Crippen LogP contribution in [-0.4, -0.2) is 57.5 Å². The summed E-state index contributed by atoms with van der Waals surface area (Å²) in [7, 11) is 0. The van der Waals surface area contributed by atoms with Gasteiger partial charge in [-0.05, 0) is 68.8 Å². The predicted molar refractivity (Wildman–Crippen MR) is 145 cm³/mol. The number of amides is 2. The normalized spacial score (nSPS) is 12.2. The number of hydrogen-bond acceptors (Lipinski definition) is 6. The van der Waals surface area contributed by atoms with Gasteiger partial charge in [0.2, 0.25) is 5.95 Å². The van der Waals surface area contributed by atoms with Crippen LogP contribution in [0.4, 0.5) is 38.0 Å². The first-order valence-corrected chi connectivity index (χ1v) is 12.7. The van der Waals surface area contributed by atoms with Gasteiger partial charge in [-0.2, -0.15) is 31.3 Å². The van der Waals surface area contributed by atoms with Gasteiger partial charge >= 0.3 is 12.4 Å². The summed E-state index contributed by atoms with van der Waals surface area (Å²) in [4.78, 5) is 28.8. The Morgan fingerprint density at radius 3 is 2.12 bits per heavy atom. The van der Waals surface area contributed by atoms with Gasteiger partial charge in [-0.3, -0.25) is 9.59 Å². The molecule has 43 heavy (non-hydrogen) atoms. The molecule has 0 aliphatic carbocycles. The fourth-order valence-electron chi connectivity index (χ4n) is 3.78. The lowest BCUT2D eigenvalue weighted by molar-refractivity contribution is -0.153. The lowest BCUT2D eigenvalue weighted by Gasteiger charge is -2.21. The van der Waals surface area contributed by atoms with Gasteiger partial charge < -0.3 is 20.7 Å². The number of benzene rings is 2. The van der Waals surface area contributed by atoms with Gasteiger partial charge in [0.1, 0.15) is 12.3 Å². The zero-order chi connectivity index (χ0) is 31.6. The van der Waals surface area contributed by atoms with Gasteiger partial charge in [0.25, 0.3) is 11.8 Å². The maximum absolute atomic E-state index is 12.9. The van der Waals surface area contributed by atoms with Gasteiger partial charge in [-0.25, -0.2) is 4.52 Å². The molecule has 2 heterocycles. The minimum Gasteiger partial charge on any atom is -0.482 e. The standard InChI is InChI=1S/C28H26F6N6O3/c1-26(2,3)38-24(42)18-8-10-20(21(12-18)43-15-28(32,33)34)36-25-37-22-11-9-19(13-40(22)39-25)16-4-6-17(7-5-16)23(41)35-14-27(29,30)31/h4-13H,14-15H2,1-3H3,(H,35,41)(H,36,39)(H,38,42). The Bertz CT molecular complexity index is 1630. The molecule has 0 fully saturated rings. The van der Waals surface area contributed by atoms with Crippen molar-refractivity contribution in [2.75, 3.05) is 18.5 Å². The van der Waals surface area contributed by atoms with Gasteiger partial charge in [-0.15, -0.1) is 5.10 Å². The number of carbonyl (C=O) groups is 2. The summed E-state index contributed by atoms with van der Waals surface area (Å²) in [6.45, 7) is 2.26. The Morgan fingerprint density at radius 1 is 0.837 bits per heavy atom. The van der Waals surface area contributed by atoms with Gasteiger partial charge in [0.15, 0.2) is 12.3 Å². The third-order valence-electron chi connectivity index (χ3n) is 5.63. The molecule has 0 saturated heterocycles. The Hall–Kier alpha value is -4.82. The zero-order valence-electron chi connectivity index (χ0n) is 23.0. The van der Waals surface area contributed by atoms with E-state index in [1.54, 1.807) is 56.6 Å². The van der Waals surface area contributed by atoms with E-state index < -0.39 is 42.9 Å². The second-order valence-corrected chi connectivity index (χ2v) is 10.5. The number of halogens is 6. The molecule has 4 aromatic rings. The van der Waals surface area contributed by atoms with Crippen LogP contribution < -0.4 is 20.7 Å². The summed E-state index contributed by atoms with van der Waals surface area (Å²) >= 11 is 0. The van der Waals surface area contributed by atoms with Crippen LogP contribution in [-0.2, 0) is 0 Å². The summed E-state index contributed by atoms with van der Waals surface area (Å²) in [5, 5.41) is 11.7. The van der Waals surface area contributed by atoms with Crippen molar-refractivity contribution in [1.82, 2.24) is 25.2 Å². The summed E-state index contributed by atoms with van der Waals surface area (Å²) in [6.07, 6.45) is -7.54. The van der Waals surface area contributed by atoms with Crippen LogP contribution in [0.25, 0.3) is 16.8 Å². The number of ether oxygens (including phenoxy) is 1. The Kier molecular flexibility index (Phi) is 8.55. The molecule has 228 valence electrons. The number of aromatic nitrogens is 3. The molecule has 2 aromatic carbocycles. The van der Waals surface area contributed by atoms with Crippen molar-refractivity contribution in [2.45, 2.75) is 38.7 Å². The highest BCUT2D eigenvalue weighted by molar-refractivity contribution is 5.96. The van der Waals surface area contributed by atoms with Crippen molar-refractivity contribution >= 4 is 29.1 Å². The monoisotopic (exact) mass is 608 g/mol. The maximum atomic E-state index is 12.9. The number of carbonyl (C=O) groups excluding carboxylic acids is 2. The van der Waals surface area contributed by atoms with Crippen LogP contribution in [0.3, 0.4) is 0 Å². The number of nitrogens with one attached hydrogen (secondary N) is 3. The molecule has 4 rings (SSSR count). The van der Waals surface area contributed by atoms with E-state index in [1.165, 1.54) is 34.8 Å². The van der Waals surface area contributed by atoms with E-state index in [1.807, 2.05) is 0 Å². The number of hydrogen-bond donors (Lipinski definition) is 3. The molecule has 0 atom stereocenters. The van der Waals surface area contributed by atoms with Crippen molar-refractivity contribution in [2.24, 2.45) is 0 Å². The van der Waals surface area contributed by atoms with E-state index in [0.717, 1.165) is 0 Å². The molecular weight excluding hydrogens is 582 g/mol. The molecule has 0 spiro atoms. The third-order valence-corrected chi connectivity index (χ3v) is 5.63. The largest absolute Gasteiger partial charge is 0.482 e. The van der Waals surface area contributed by atoms with E-state index in [0.29, 0.717) is 16.8 Å². The highest BCUT2D eigenvalue weighted by Crippen LogP contribution is 2.31. The topological polar surface area (TPSA) is 110 Å². The van der Waals surface area contributed by atoms with Crippen molar-refractivity contribution < 1.29 is 40.7 Å². The average Bonchev–Trinajstić information content (AvgIpc) is 3.31. The Morgan fingerprint density at radius 2 is 1.49 bits per heavy atom. The highest BCUT2D eigenvalue weighted by atomic mass is 19.4. The molecule has 0 aliphatic heterocycles. The van der Waals surface area contributed by atoms with Crippen LogP contribution in [0.15, 0.2) is 60.8 Å². The number of anilines is 2. The van der Waals surface area contributed by atoms with Crippen LogP contribution in [0, 0.1) is 0 Å². The van der Waals surface area contributed by atoms with Crippen molar-refractivity contribution in [1.29, 1.82) is 0 Å². The van der Waals surface area contributed by atoms with E-state index in [9.17, 15) is 35.9 Å². The zero-order valence-corrected chi connectivity index (χ0v) is 23.0. The molecular formula is C28H26F6N6O3. The lowest BCUT2D eigenvalue weighted by Crippen LogP contribution is -2.40. The van der Waals surface area contributed by atoms with Crippen LogP contribution in [0.2, 0.25) is 0 Å². The molecule has 0 aliphatic rings. The van der Waals surface area contributed by atoms with Gasteiger partial charge in [0.05, 0.1) is 5.69 Å². The van der Waals surface area contributed by atoms with Crippen molar-refractivity contribution in [3.63, 3.8) is 0 Å². The quantitative estimate of drug-likeness (QED) is 0.215. The summed E-state index contributed by atoms with van der Waals surface area (Å²) in [5.74, 6) is -1.58. The second-order valence-electron chi connectivity index (χ2n) is 10.5. The molecule has 3 N–H and O–H groups in total. The van der Waals surface area contributed by atoms with E-state index in [4.69, 9.17) is 4.74 Å². The maximum Gasteiger partial charge on any atom is 0.422 e. The fourth-order valence-corrected chi connectivity index (χ4v) is 3.78. The number of fused-ring (bicyclic) bond motifs is 1. The molecule has 0 unspecified atom stereocenters. The van der Waals surface area contributed by atoms with Crippen molar-refractivity contribution in [3.05, 3.63) is 71.9 Å². The summed E-state index contributed by atoms with van der Waals surface area (Å²) in [5.41, 5.74) is 1.30. The van der Waals surface area contributed by atoms with Gasteiger partial charge in [0, 0.05) is 28.4 Å².